The first kappa shape index (κ1) is 12.5. The van der Waals surface area contributed by atoms with Crippen LogP contribution in [0.3, 0.4) is 0 Å². The SMILES string of the molecule is NC(=O)Nc1ccc(OCC2CC=CCC2)cc1. The molecule has 4 nitrogen and oxygen atoms in total. The lowest BCUT2D eigenvalue weighted by molar-refractivity contribution is 0.239. The van der Waals surface area contributed by atoms with Gasteiger partial charge in [-0.1, -0.05) is 12.2 Å². The van der Waals surface area contributed by atoms with Gasteiger partial charge in [0.05, 0.1) is 6.61 Å². The smallest absolute Gasteiger partial charge is 0.316 e. The van der Waals surface area contributed by atoms with Crippen molar-refractivity contribution in [3.8, 4) is 5.75 Å². The van der Waals surface area contributed by atoms with Crippen LogP contribution in [-0.2, 0) is 0 Å². The minimum Gasteiger partial charge on any atom is -0.493 e. The van der Waals surface area contributed by atoms with Crippen LogP contribution in [0.5, 0.6) is 5.75 Å². The lowest BCUT2D eigenvalue weighted by Crippen LogP contribution is -2.19. The number of amides is 2. The minimum absolute atomic E-state index is 0.558. The Kier molecular flexibility index (Phi) is 4.23. The van der Waals surface area contributed by atoms with E-state index < -0.39 is 6.03 Å². The largest absolute Gasteiger partial charge is 0.493 e. The molecule has 0 heterocycles. The number of allylic oxidation sites excluding steroid dienone is 2. The molecule has 0 saturated heterocycles. The second-order valence-electron chi connectivity index (χ2n) is 4.48. The van der Waals surface area contributed by atoms with Gasteiger partial charge in [0, 0.05) is 5.69 Å². The van der Waals surface area contributed by atoms with E-state index in [-0.39, 0.29) is 0 Å². The highest BCUT2D eigenvalue weighted by atomic mass is 16.5. The van der Waals surface area contributed by atoms with Crippen molar-refractivity contribution in [2.24, 2.45) is 11.7 Å². The molecular weight excluding hydrogens is 228 g/mol. The summed E-state index contributed by atoms with van der Waals surface area (Å²) in [6.45, 7) is 0.743. The lowest BCUT2D eigenvalue weighted by atomic mass is 9.95. The van der Waals surface area contributed by atoms with E-state index in [1.54, 1.807) is 12.1 Å². The summed E-state index contributed by atoms with van der Waals surface area (Å²) < 4.78 is 5.73. The molecule has 4 heteroatoms. The Balaban J connectivity index is 1.82. The average molecular weight is 246 g/mol. The Labute approximate surface area is 107 Å². The Morgan fingerprint density at radius 1 is 1.33 bits per heavy atom. The summed E-state index contributed by atoms with van der Waals surface area (Å²) in [5.74, 6) is 1.43. The van der Waals surface area contributed by atoms with E-state index in [1.165, 1.54) is 6.42 Å². The standard InChI is InChI=1S/C14H18N2O2/c15-14(17)16-12-6-8-13(9-7-12)18-10-11-4-2-1-3-5-11/h1-2,6-9,11H,3-5,10H2,(H3,15,16,17). The zero-order valence-corrected chi connectivity index (χ0v) is 10.3. The Bertz CT molecular complexity index is 426. The van der Waals surface area contributed by atoms with Crippen LogP contribution in [0.15, 0.2) is 36.4 Å². The number of hydrogen-bond donors (Lipinski definition) is 2. The molecule has 2 amide bonds. The van der Waals surface area contributed by atoms with Crippen molar-refractivity contribution in [2.75, 3.05) is 11.9 Å². The molecular formula is C14H18N2O2. The van der Waals surface area contributed by atoms with Gasteiger partial charge in [0.1, 0.15) is 5.75 Å². The molecule has 0 radical (unpaired) electrons. The highest BCUT2D eigenvalue weighted by Gasteiger charge is 2.10. The number of benzene rings is 1. The number of nitrogens with one attached hydrogen (secondary N) is 1. The van der Waals surface area contributed by atoms with Crippen LogP contribution in [0.4, 0.5) is 10.5 Å². The van der Waals surface area contributed by atoms with Crippen LogP contribution in [-0.4, -0.2) is 12.6 Å². The van der Waals surface area contributed by atoms with Crippen LogP contribution >= 0.6 is 0 Å². The maximum atomic E-state index is 10.7. The van der Waals surface area contributed by atoms with Gasteiger partial charge in [0.25, 0.3) is 0 Å². The maximum Gasteiger partial charge on any atom is 0.316 e. The van der Waals surface area contributed by atoms with Crippen LogP contribution in [0.25, 0.3) is 0 Å². The Hall–Kier alpha value is -1.97. The second-order valence-corrected chi connectivity index (χ2v) is 4.48. The molecule has 1 atom stereocenters. The lowest BCUT2D eigenvalue weighted by Gasteiger charge is -2.18. The Morgan fingerprint density at radius 2 is 2.11 bits per heavy atom. The number of nitrogens with two attached hydrogens (primary N) is 1. The summed E-state index contributed by atoms with van der Waals surface area (Å²) in [5, 5.41) is 2.51. The van der Waals surface area contributed by atoms with Crippen molar-refractivity contribution >= 4 is 11.7 Å². The number of rotatable bonds is 4. The molecule has 3 N–H and O–H groups in total. The maximum absolute atomic E-state index is 10.7. The van der Waals surface area contributed by atoms with Crippen molar-refractivity contribution in [3.05, 3.63) is 36.4 Å². The van der Waals surface area contributed by atoms with E-state index >= 15 is 0 Å². The van der Waals surface area contributed by atoms with Gasteiger partial charge in [-0.3, -0.25) is 0 Å². The molecule has 1 unspecified atom stereocenters. The molecule has 2 rings (SSSR count). The molecule has 0 bridgehead atoms. The summed E-state index contributed by atoms with van der Waals surface area (Å²) in [4.78, 5) is 10.7. The van der Waals surface area contributed by atoms with E-state index in [4.69, 9.17) is 10.5 Å². The molecule has 96 valence electrons. The molecule has 1 aromatic carbocycles. The van der Waals surface area contributed by atoms with Crippen molar-refractivity contribution in [1.29, 1.82) is 0 Å². The average Bonchev–Trinajstić information content (AvgIpc) is 2.38. The fraction of sp³-hybridized carbons (Fsp3) is 0.357. The van der Waals surface area contributed by atoms with Crippen LogP contribution in [0, 0.1) is 5.92 Å². The van der Waals surface area contributed by atoms with Crippen LogP contribution in [0.2, 0.25) is 0 Å². The topological polar surface area (TPSA) is 64.4 Å². The summed E-state index contributed by atoms with van der Waals surface area (Å²) in [5.41, 5.74) is 5.71. The number of primary amides is 1. The number of urea groups is 1. The van der Waals surface area contributed by atoms with Crippen LogP contribution in [0.1, 0.15) is 19.3 Å². The molecule has 0 spiro atoms. The highest BCUT2D eigenvalue weighted by Crippen LogP contribution is 2.21. The van der Waals surface area contributed by atoms with E-state index in [1.807, 2.05) is 12.1 Å². The number of carbonyl (C=O) groups is 1. The van der Waals surface area contributed by atoms with Gasteiger partial charge in [0.2, 0.25) is 0 Å². The fourth-order valence-corrected chi connectivity index (χ4v) is 2.00. The molecule has 1 aliphatic rings. The summed E-state index contributed by atoms with van der Waals surface area (Å²) in [6.07, 6.45) is 7.88. The van der Waals surface area contributed by atoms with E-state index in [2.05, 4.69) is 17.5 Å². The molecule has 0 fully saturated rings. The third kappa shape index (κ3) is 3.80. The third-order valence-electron chi connectivity index (χ3n) is 2.99. The fourth-order valence-electron chi connectivity index (χ4n) is 2.00. The minimum atomic E-state index is -0.558. The van der Waals surface area contributed by atoms with Gasteiger partial charge in [-0.25, -0.2) is 4.79 Å². The van der Waals surface area contributed by atoms with Crippen molar-refractivity contribution in [2.45, 2.75) is 19.3 Å². The molecule has 0 aliphatic heterocycles. The predicted octanol–water partition coefficient (Wildman–Crippen LogP) is 2.91. The van der Waals surface area contributed by atoms with Gasteiger partial charge < -0.3 is 15.8 Å². The molecule has 0 aromatic heterocycles. The third-order valence-corrected chi connectivity index (χ3v) is 2.99. The van der Waals surface area contributed by atoms with E-state index in [0.717, 1.165) is 25.2 Å². The van der Waals surface area contributed by atoms with Gasteiger partial charge in [0.15, 0.2) is 0 Å². The van der Waals surface area contributed by atoms with E-state index in [0.29, 0.717) is 11.6 Å². The van der Waals surface area contributed by atoms with E-state index in [9.17, 15) is 4.79 Å². The number of anilines is 1. The summed E-state index contributed by atoms with van der Waals surface area (Å²) in [7, 11) is 0. The number of ether oxygens (including phenoxy) is 1. The van der Waals surface area contributed by atoms with Crippen molar-refractivity contribution in [1.82, 2.24) is 0 Å². The first-order chi connectivity index (χ1) is 8.74. The van der Waals surface area contributed by atoms with Crippen molar-refractivity contribution < 1.29 is 9.53 Å². The first-order valence-electron chi connectivity index (χ1n) is 6.18. The van der Waals surface area contributed by atoms with Gasteiger partial charge >= 0.3 is 6.03 Å². The predicted molar refractivity (Wildman–Crippen MR) is 71.6 cm³/mol. The first-order valence-corrected chi connectivity index (χ1v) is 6.18. The second kappa shape index (κ2) is 6.10. The quantitative estimate of drug-likeness (QED) is 0.802. The number of hydrogen-bond acceptors (Lipinski definition) is 2. The molecule has 0 saturated carbocycles. The Morgan fingerprint density at radius 3 is 2.72 bits per heavy atom. The van der Waals surface area contributed by atoms with Crippen LogP contribution < -0.4 is 15.8 Å². The molecule has 1 aliphatic carbocycles. The van der Waals surface area contributed by atoms with Gasteiger partial charge in [-0.05, 0) is 49.4 Å². The van der Waals surface area contributed by atoms with Crippen molar-refractivity contribution in [3.63, 3.8) is 0 Å². The number of carbonyl (C=O) groups excluding carboxylic acids is 1. The molecule has 1 aromatic rings. The normalized spacial score (nSPS) is 18.3. The zero-order chi connectivity index (χ0) is 12.8. The monoisotopic (exact) mass is 246 g/mol. The van der Waals surface area contributed by atoms with Gasteiger partial charge in [-0.15, -0.1) is 0 Å². The van der Waals surface area contributed by atoms with Gasteiger partial charge in [-0.2, -0.15) is 0 Å². The zero-order valence-electron chi connectivity index (χ0n) is 10.3. The summed E-state index contributed by atoms with van der Waals surface area (Å²) >= 11 is 0. The molecule has 18 heavy (non-hydrogen) atoms. The highest BCUT2D eigenvalue weighted by molar-refractivity contribution is 5.87. The summed E-state index contributed by atoms with van der Waals surface area (Å²) in [6, 6.07) is 6.67.